The summed E-state index contributed by atoms with van der Waals surface area (Å²) in [5, 5.41) is 9.70. The molecule has 6 heteroatoms. The molecule has 132 valence electrons. The first-order valence-electron chi connectivity index (χ1n) is 8.44. The van der Waals surface area contributed by atoms with E-state index in [1.54, 1.807) is 4.90 Å². The molecule has 4 nitrogen and oxygen atoms in total. The maximum Gasteiger partial charge on any atom is 0.348 e. The predicted octanol–water partition coefficient (Wildman–Crippen LogP) is 4.75. The molecule has 0 saturated carbocycles. The van der Waals surface area contributed by atoms with Gasteiger partial charge in [0.15, 0.2) is 0 Å². The van der Waals surface area contributed by atoms with E-state index < -0.39 is 5.97 Å². The van der Waals surface area contributed by atoms with Crippen molar-refractivity contribution in [3.63, 3.8) is 0 Å². The van der Waals surface area contributed by atoms with Gasteiger partial charge in [0, 0.05) is 17.3 Å². The number of carboxylic acids is 1. The summed E-state index contributed by atoms with van der Waals surface area (Å²) in [6, 6.07) is 11.7. The van der Waals surface area contributed by atoms with Gasteiger partial charge in [0.1, 0.15) is 4.88 Å². The van der Waals surface area contributed by atoms with Gasteiger partial charge in [-0.05, 0) is 36.0 Å². The first kappa shape index (κ1) is 18.0. The SMILES string of the molecule is CCC(=O)N(c1cc(-c2ccccc2)sc1C(=O)O)C1CCSCC1. The molecule has 1 saturated heterocycles. The number of benzene rings is 1. The van der Waals surface area contributed by atoms with E-state index in [4.69, 9.17) is 0 Å². The molecule has 0 unspecified atom stereocenters. The zero-order valence-corrected chi connectivity index (χ0v) is 15.7. The van der Waals surface area contributed by atoms with Gasteiger partial charge >= 0.3 is 5.97 Å². The molecular weight excluding hydrogens is 354 g/mol. The minimum atomic E-state index is -0.971. The van der Waals surface area contributed by atoms with Crippen molar-refractivity contribution in [2.75, 3.05) is 16.4 Å². The molecule has 1 N–H and O–H groups in total. The molecule has 1 amide bonds. The van der Waals surface area contributed by atoms with Crippen LogP contribution in [0.5, 0.6) is 0 Å². The summed E-state index contributed by atoms with van der Waals surface area (Å²) < 4.78 is 0. The van der Waals surface area contributed by atoms with Crippen molar-refractivity contribution in [1.29, 1.82) is 0 Å². The third-order valence-electron chi connectivity index (χ3n) is 4.35. The number of amides is 1. The number of anilines is 1. The molecule has 1 aromatic heterocycles. The summed E-state index contributed by atoms with van der Waals surface area (Å²) in [5.41, 5.74) is 1.53. The number of rotatable bonds is 5. The molecule has 0 radical (unpaired) electrons. The third kappa shape index (κ3) is 3.90. The average molecular weight is 376 g/mol. The Balaban J connectivity index is 2.06. The molecule has 2 heterocycles. The van der Waals surface area contributed by atoms with Crippen LogP contribution in [-0.4, -0.2) is 34.5 Å². The molecule has 1 aliphatic rings. The molecule has 0 spiro atoms. The van der Waals surface area contributed by atoms with Crippen LogP contribution < -0.4 is 4.90 Å². The summed E-state index contributed by atoms with van der Waals surface area (Å²) in [5.74, 6) is 1.05. The van der Waals surface area contributed by atoms with E-state index in [-0.39, 0.29) is 16.8 Å². The standard InChI is InChI=1S/C19H21NO3S2/c1-2-17(21)20(14-8-10-24-11-9-14)15-12-16(25-18(15)19(22)23)13-6-4-3-5-7-13/h3-7,12,14H,2,8-11H2,1H3,(H,22,23). The second-order valence-corrected chi connectivity index (χ2v) is 8.23. The van der Waals surface area contributed by atoms with E-state index in [0.29, 0.717) is 12.1 Å². The van der Waals surface area contributed by atoms with Crippen molar-refractivity contribution in [3.05, 3.63) is 41.3 Å². The Hall–Kier alpha value is -1.79. The summed E-state index contributed by atoms with van der Waals surface area (Å²) in [4.78, 5) is 27.4. The van der Waals surface area contributed by atoms with Crippen molar-refractivity contribution < 1.29 is 14.7 Å². The van der Waals surface area contributed by atoms with E-state index in [0.717, 1.165) is 34.8 Å². The van der Waals surface area contributed by atoms with Crippen LogP contribution >= 0.6 is 23.1 Å². The highest BCUT2D eigenvalue weighted by molar-refractivity contribution is 7.99. The molecule has 0 atom stereocenters. The summed E-state index contributed by atoms with van der Waals surface area (Å²) in [6.45, 7) is 1.83. The fraction of sp³-hybridized carbons (Fsp3) is 0.368. The third-order valence-corrected chi connectivity index (χ3v) is 6.56. The first-order valence-corrected chi connectivity index (χ1v) is 10.4. The fourth-order valence-electron chi connectivity index (χ4n) is 3.11. The summed E-state index contributed by atoms with van der Waals surface area (Å²) in [6.07, 6.45) is 2.19. The van der Waals surface area contributed by atoms with Crippen molar-refractivity contribution in [3.8, 4) is 10.4 Å². The maximum atomic E-state index is 12.7. The molecule has 2 aromatic rings. The molecule has 1 fully saturated rings. The molecule has 3 rings (SSSR count). The quantitative estimate of drug-likeness (QED) is 0.819. The van der Waals surface area contributed by atoms with Crippen LogP contribution in [0.4, 0.5) is 5.69 Å². The van der Waals surface area contributed by atoms with Crippen molar-refractivity contribution in [2.24, 2.45) is 0 Å². The fourth-order valence-corrected chi connectivity index (χ4v) is 5.18. The van der Waals surface area contributed by atoms with Crippen LogP contribution in [0.1, 0.15) is 35.9 Å². The lowest BCUT2D eigenvalue weighted by molar-refractivity contribution is -0.118. The topological polar surface area (TPSA) is 57.6 Å². The monoisotopic (exact) mass is 375 g/mol. The van der Waals surface area contributed by atoms with Gasteiger partial charge in [-0.25, -0.2) is 4.79 Å². The second kappa shape index (κ2) is 8.06. The zero-order valence-electron chi connectivity index (χ0n) is 14.1. The number of nitrogens with zero attached hydrogens (tertiary/aromatic N) is 1. The number of hydrogen-bond donors (Lipinski definition) is 1. The summed E-state index contributed by atoms with van der Waals surface area (Å²) in [7, 11) is 0. The largest absolute Gasteiger partial charge is 0.477 e. The van der Waals surface area contributed by atoms with Crippen LogP contribution in [-0.2, 0) is 4.79 Å². The van der Waals surface area contributed by atoms with E-state index in [2.05, 4.69) is 0 Å². The lowest BCUT2D eigenvalue weighted by Gasteiger charge is -2.34. The van der Waals surface area contributed by atoms with Crippen molar-refractivity contribution in [2.45, 2.75) is 32.2 Å². The van der Waals surface area contributed by atoms with Crippen molar-refractivity contribution in [1.82, 2.24) is 0 Å². The van der Waals surface area contributed by atoms with Gasteiger partial charge in [0.25, 0.3) is 0 Å². The molecule has 0 aliphatic carbocycles. The second-order valence-electron chi connectivity index (χ2n) is 5.96. The van der Waals surface area contributed by atoms with Gasteiger partial charge in [-0.15, -0.1) is 11.3 Å². The average Bonchev–Trinajstić information content (AvgIpc) is 3.08. The summed E-state index contributed by atoms with van der Waals surface area (Å²) >= 11 is 3.13. The Kier molecular flexibility index (Phi) is 5.81. The predicted molar refractivity (Wildman–Crippen MR) is 105 cm³/mol. The number of carbonyl (C=O) groups excluding carboxylic acids is 1. The Labute approximate surface area is 155 Å². The van der Waals surface area contributed by atoms with E-state index >= 15 is 0 Å². The van der Waals surface area contributed by atoms with Gasteiger partial charge in [-0.1, -0.05) is 37.3 Å². The van der Waals surface area contributed by atoms with Gasteiger partial charge in [-0.3, -0.25) is 4.79 Å². The molecule has 25 heavy (non-hydrogen) atoms. The minimum absolute atomic E-state index is 0.00295. The van der Waals surface area contributed by atoms with Gasteiger partial charge in [0.05, 0.1) is 5.69 Å². The molecular formula is C19H21NO3S2. The van der Waals surface area contributed by atoms with E-state index in [9.17, 15) is 14.7 Å². The minimum Gasteiger partial charge on any atom is -0.477 e. The number of thiophene rings is 1. The zero-order chi connectivity index (χ0) is 17.8. The number of thioether (sulfide) groups is 1. The number of aromatic carboxylic acids is 1. The Morgan fingerprint density at radius 2 is 1.88 bits per heavy atom. The van der Waals surface area contributed by atoms with Crippen LogP contribution in [0.15, 0.2) is 36.4 Å². The van der Waals surface area contributed by atoms with Crippen LogP contribution in [0, 0.1) is 0 Å². The highest BCUT2D eigenvalue weighted by atomic mass is 32.2. The Morgan fingerprint density at radius 3 is 2.48 bits per heavy atom. The van der Waals surface area contributed by atoms with Crippen molar-refractivity contribution >= 4 is 40.7 Å². The van der Waals surface area contributed by atoms with Gasteiger partial charge < -0.3 is 10.0 Å². The van der Waals surface area contributed by atoms with E-state index in [1.165, 1.54) is 11.3 Å². The molecule has 0 bridgehead atoms. The first-order chi connectivity index (χ1) is 12.1. The molecule has 1 aromatic carbocycles. The Morgan fingerprint density at radius 1 is 1.20 bits per heavy atom. The van der Waals surface area contributed by atoms with Gasteiger partial charge in [-0.2, -0.15) is 11.8 Å². The number of carboxylic acid groups (broad SMARTS) is 1. The normalized spacial score (nSPS) is 15.1. The number of carbonyl (C=O) groups is 2. The highest BCUT2D eigenvalue weighted by Crippen LogP contribution is 2.39. The lowest BCUT2D eigenvalue weighted by atomic mass is 10.1. The van der Waals surface area contributed by atoms with Crippen LogP contribution in [0.3, 0.4) is 0 Å². The maximum absolute atomic E-state index is 12.7. The van der Waals surface area contributed by atoms with Crippen LogP contribution in [0.25, 0.3) is 10.4 Å². The van der Waals surface area contributed by atoms with Gasteiger partial charge in [0.2, 0.25) is 5.91 Å². The van der Waals surface area contributed by atoms with E-state index in [1.807, 2.05) is 55.1 Å². The highest BCUT2D eigenvalue weighted by Gasteiger charge is 2.31. The van der Waals surface area contributed by atoms with Crippen LogP contribution in [0.2, 0.25) is 0 Å². The smallest absolute Gasteiger partial charge is 0.348 e. The Bertz CT molecular complexity index is 751. The number of hydrogen-bond acceptors (Lipinski definition) is 4. The lowest BCUT2D eigenvalue weighted by Crippen LogP contribution is -2.42. The molecule has 1 aliphatic heterocycles.